The predicted molar refractivity (Wildman–Crippen MR) is 94.4 cm³/mol. The zero-order chi connectivity index (χ0) is 17.6. The van der Waals surface area contributed by atoms with Crippen LogP contribution < -0.4 is 5.32 Å². The number of nitrogens with one attached hydrogen (secondary N) is 1. The van der Waals surface area contributed by atoms with Gasteiger partial charge in [-0.1, -0.05) is 41.6 Å². The molecule has 128 valence electrons. The number of hydrogen-bond donors (Lipinski definition) is 2. The highest BCUT2D eigenvalue weighted by Crippen LogP contribution is 2.11. The molecule has 0 radical (unpaired) electrons. The number of carbonyl (C=O) groups is 1. The summed E-state index contributed by atoms with van der Waals surface area (Å²) in [6.45, 7) is 1.80. The van der Waals surface area contributed by atoms with E-state index in [0.717, 1.165) is 11.3 Å². The summed E-state index contributed by atoms with van der Waals surface area (Å²) in [4.78, 5) is 12.5. The summed E-state index contributed by atoms with van der Waals surface area (Å²) in [6.07, 6.45) is 3.11. The first-order chi connectivity index (χ1) is 12.1. The molecule has 0 bridgehead atoms. The van der Waals surface area contributed by atoms with E-state index >= 15 is 0 Å². The van der Waals surface area contributed by atoms with Crippen molar-refractivity contribution in [1.29, 1.82) is 0 Å². The second-order valence-electron chi connectivity index (χ2n) is 5.92. The Balaban J connectivity index is 1.64. The molecule has 1 aromatic heterocycles. The van der Waals surface area contributed by atoms with Crippen molar-refractivity contribution in [1.82, 2.24) is 20.3 Å². The van der Waals surface area contributed by atoms with Crippen LogP contribution in [-0.4, -0.2) is 38.2 Å². The molecule has 2 aromatic carbocycles. The second kappa shape index (κ2) is 7.72. The number of hydrogen-bond acceptors (Lipinski definition) is 4. The highest BCUT2D eigenvalue weighted by Gasteiger charge is 2.18. The maximum atomic E-state index is 12.5. The maximum Gasteiger partial charge on any atom is 0.251 e. The lowest BCUT2D eigenvalue weighted by atomic mass is 10.0. The highest BCUT2D eigenvalue weighted by atomic mass is 16.3. The van der Waals surface area contributed by atoms with Crippen LogP contribution in [0.5, 0.6) is 0 Å². The largest absolute Gasteiger partial charge is 0.391 e. The monoisotopic (exact) mass is 336 g/mol. The lowest BCUT2D eigenvalue weighted by Crippen LogP contribution is -2.42. The Morgan fingerprint density at radius 1 is 1.20 bits per heavy atom. The summed E-state index contributed by atoms with van der Waals surface area (Å²) in [5.41, 5.74) is 2.29. The van der Waals surface area contributed by atoms with Crippen LogP contribution in [0.3, 0.4) is 0 Å². The first kappa shape index (κ1) is 16.9. The summed E-state index contributed by atoms with van der Waals surface area (Å²) >= 11 is 0. The van der Waals surface area contributed by atoms with E-state index in [2.05, 4.69) is 15.6 Å². The van der Waals surface area contributed by atoms with Crippen molar-refractivity contribution < 1.29 is 9.90 Å². The molecule has 0 saturated heterocycles. The summed E-state index contributed by atoms with van der Waals surface area (Å²) in [5.74, 6) is -0.235. The highest BCUT2D eigenvalue weighted by molar-refractivity contribution is 5.94. The fourth-order valence-electron chi connectivity index (χ4n) is 2.55. The standard InChI is InChI=1S/C19H20N4O2/c1-14(18(24)12-15-6-3-2-4-7-15)21-19(25)16-8-5-9-17(13-16)23-11-10-20-22-23/h2-11,13-14,18,24H,12H2,1H3,(H,21,25). The summed E-state index contributed by atoms with van der Waals surface area (Å²) in [7, 11) is 0. The minimum atomic E-state index is -0.662. The van der Waals surface area contributed by atoms with Crippen molar-refractivity contribution in [2.45, 2.75) is 25.5 Å². The third-order valence-electron chi connectivity index (χ3n) is 4.02. The average Bonchev–Trinajstić information content (AvgIpc) is 3.17. The van der Waals surface area contributed by atoms with Gasteiger partial charge in [0, 0.05) is 12.0 Å². The van der Waals surface area contributed by atoms with Crippen molar-refractivity contribution in [2.24, 2.45) is 0 Å². The summed E-state index contributed by atoms with van der Waals surface area (Å²) in [6, 6.07) is 16.4. The molecule has 0 aliphatic rings. The Hall–Kier alpha value is -2.99. The minimum Gasteiger partial charge on any atom is -0.391 e. The quantitative estimate of drug-likeness (QED) is 0.721. The third-order valence-corrected chi connectivity index (χ3v) is 4.02. The lowest BCUT2D eigenvalue weighted by Gasteiger charge is -2.20. The van der Waals surface area contributed by atoms with E-state index in [0.29, 0.717) is 12.0 Å². The molecule has 25 heavy (non-hydrogen) atoms. The number of benzene rings is 2. The van der Waals surface area contributed by atoms with Crippen molar-refractivity contribution >= 4 is 5.91 Å². The van der Waals surface area contributed by atoms with Gasteiger partial charge in [0.1, 0.15) is 0 Å². The SMILES string of the molecule is CC(NC(=O)c1cccc(-n2ccnn2)c1)C(O)Cc1ccccc1. The molecule has 2 unspecified atom stereocenters. The van der Waals surface area contributed by atoms with Crippen LogP contribution in [0.2, 0.25) is 0 Å². The van der Waals surface area contributed by atoms with Gasteiger partial charge in [-0.3, -0.25) is 4.79 Å². The molecule has 1 amide bonds. The van der Waals surface area contributed by atoms with Crippen LogP contribution in [-0.2, 0) is 6.42 Å². The molecular weight excluding hydrogens is 316 g/mol. The third kappa shape index (κ3) is 4.30. The number of aromatic nitrogens is 3. The number of rotatable bonds is 6. The number of aliphatic hydroxyl groups is 1. The lowest BCUT2D eigenvalue weighted by molar-refractivity contribution is 0.0852. The molecule has 0 spiro atoms. The number of nitrogens with zero attached hydrogens (tertiary/aromatic N) is 3. The van der Waals surface area contributed by atoms with E-state index in [9.17, 15) is 9.90 Å². The Morgan fingerprint density at radius 3 is 2.72 bits per heavy atom. The summed E-state index contributed by atoms with van der Waals surface area (Å²) < 4.78 is 1.59. The van der Waals surface area contributed by atoms with Crippen LogP contribution in [0, 0.1) is 0 Å². The van der Waals surface area contributed by atoms with Gasteiger partial charge in [0.25, 0.3) is 5.91 Å². The van der Waals surface area contributed by atoms with Gasteiger partial charge in [-0.25, -0.2) is 4.68 Å². The molecule has 6 heteroatoms. The van der Waals surface area contributed by atoms with Crippen molar-refractivity contribution in [3.63, 3.8) is 0 Å². The van der Waals surface area contributed by atoms with Crippen molar-refractivity contribution in [3.8, 4) is 5.69 Å². The van der Waals surface area contributed by atoms with Crippen LogP contribution in [0.1, 0.15) is 22.8 Å². The molecule has 0 aliphatic carbocycles. The van der Waals surface area contributed by atoms with Crippen LogP contribution in [0.4, 0.5) is 0 Å². The van der Waals surface area contributed by atoms with Gasteiger partial charge < -0.3 is 10.4 Å². The number of amides is 1. The average molecular weight is 336 g/mol. The maximum absolute atomic E-state index is 12.5. The molecule has 3 aromatic rings. The van der Waals surface area contributed by atoms with E-state index < -0.39 is 6.10 Å². The zero-order valence-electron chi connectivity index (χ0n) is 13.9. The zero-order valence-corrected chi connectivity index (χ0v) is 13.9. The van der Waals surface area contributed by atoms with Gasteiger partial charge in [-0.2, -0.15) is 0 Å². The fourth-order valence-corrected chi connectivity index (χ4v) is 2.55. The normalized spacial score (nSPS) is 13.2. The van der Waals surface area contributed by atoms with E-state index in [4.69, 9.17) is 0 Å². The van der Waals surface area contributed by atoms with E-state index in [1.54, 1.807) is 42.2 Å². The van der Waals surface area contributed by atoms with Crippen molar-refractivity contribution in [3.05, 3.63) is 78.1 Å². The fraction of sp³-hybridized carbons (Fsp3) is 0.211. The van der Waals surface area contributed by atoms with Gasteiger partial charge in [0.05, 0.1) is 30.2 Å². The minimum absolute atomic E-state index is 0.235. The molecule has 3 rings (SSSR count). The molecule has 2 N–H and O–H groups in total. The molecule has 0 fully saturated rings. The first-order valence-electron chi connectivity index (χ1n) is 8.13. The Morgan fingerprint density at radius 2 is 2.00 bits per heavy atom. The van der Waals surface area contributed by atoms with Gasteiger partial charge in [-0.05, 0) is 30.7 Å². The van der Waals surface area contributed by atoms with E-state index in [1.807, 2.05) is 36.4 Å². The molecule has 1 heterocycles. The summed E-state index contributed by atoms with van der Waals surface area (Å²) in [5, 5.41) is 20.9. The molecule has 0 saturated carbocycles. The van der Waals surface area contributed by atoms with Crippen LogP contribution in [0.15, 0.2) is 67.0 Å². The molecular formula is C19H20N4O2. The van der Waals surface area contributed by atoms with E-state index in [-0.39, 0.29) is 11.9 Å². The first-order valence-corrected chi connectivity index (χ1v) is 8.13. The molecule has 0 aliphatic heterocycles. The topological polar surface area (TPSA) is 80.0 Å². The van der Waals surface area contributed by atoms with Crippen LogP contribution in [0.25, 0.3) is 5.69 Å². The van der Waals surface area contributed by atoms with Gasteiger partial charge in [0.2, 0.25) is 0 Å². The Labute approximate surface area is 146 Å². The Bertz CT molecular complexity index is 818. The smallest absolute Gasteiger partial charge is 0.251 e. The van der Waals surface area contributed by atoms with Crippen molar-refractivity contribution in [2.75, 3.05) is 0 Å². The van der Waals surface area contributed by atoms with Gasteiger partial charge in [0.15, 0.2) is 0 Å². The predicted octanol–water partition coefficient (Wildman–Crippen LogP) is 1.99. The number of aliphatic hydroxyl groups excluding tert-OH is 1. The second-order valence-corrected chi connectivity index (χ2v) is 5.92. The molecule has 2 atom stereocenters. The van der Waals surface area contributed by atoms with E-state index in [1.165, 1.54) is 0 Å². The van der Waals surface area contributed by atoms with Crippen LogP contribution >= 0.6 is 0 Å². The number of carbonyl (C=O) groups excluding carboxylic acids is 1. The van der Waals surface area contributed by atoms with Gasteiger partial charge in [-0.15, -0.1) is 5.10 Å². The molecule has 6 nitrogen and oxygen atoms in total. The Kier molecular flexibility index (Phi) is 5.20. The van der Waals surface area contributed by atoms with Gasteiger partial charge >= 0.3 is 0 Å².